The number of fused-ring (bicyclic) bond motifs is 2. The molecule has 1 heterocycles. The van der Waals surface area contributed by atoms with E-state index in [0.717, 1.165) is 5.52 Å². The molecule has 0 aliphatic carbocycles. The first-order valence-corrected chi connectivity index (χ1v) is 8.09. The van der Waals surface area contributed by atoms with E-state index in [9.17, 15) is 9.35 Å². The van der Waals surface area contributed by atoms with Gasteiger partial charge in [0.15, 0.2) is 0 Å². The summed E-state index contributed by atoms with van der Waals surface area (Å²) in [4.78, 5) is 19.8. The normalized spacial score (nSPS) is 10.5. The van der Waals surface area contributed by atoms with Crippen molar-refractivity contribution in [2.24, 2.45) is 0 Å². The van der Waals surface area contributed by atoms with Gasteiger partial charge in [-0.2, -0.15) is 0 Å². The summed E-state index contributed by atoms with van der Waals surface area (Å²) in [6, 6.07) is 12.4. The number of carbonyl (C=O) groups is 1. The maximum atomic E-state index is 11.1. The van der Waals surface area contributed by atoms with Crippen LogP contribution in [0.2, 0.25) is 0 Å². The number of benzene rings is 2. The van der Waals surface area contributed by atoms with Crippen molar-refractivity contribution < 1.29 is 14.5 Å². The maximum Gasteiger partial charge on any atom is 0.337 e. The zero-order chi connectivity index (χ0) is 15.4. The largest absolute Gasteiger partial charge is 0.617 e. The van der Waals surface area contributed by atoms with E-state index in [-0.39, 0.29) is 5.56 Å². The van der Waals surface area contributed by atoms with Gasteiger partial charge in [0.05, 0.1) is 34.6 Å². The van der Waals surface area contributed by atoms with E-state index in [1.54, 1.807) is 24.6 Å². The molecule has 0 radical (unpaired) electrons. The van der Waals surface area contributed by atoms with E-state index in [2.05, 4.69) is 9.97 Å². The molecule has 5 nitrogen and oxygen atoms in total. The van der Waals surface area contributed by atoms with Crippen molar-refractivity contribution in [3.05, 3.63) is 48.0 Å². The molecule has 0 amide bonds. The van der Waals surface area contributed by atoms with Gasteiger partial charge in [0.2, 0.25) is 0 Å². The van der Waals surface area contributed by atoms with Gasteiger partial charge in [-0.25, -0.2) is 14.8 Å². The van der Waals surface area contributed by atoms with Crippen LogP contribution in [0, 0.1) is 0 Å². The summed E-state index contributed by atoms with van der Waals surface area (Å²) in [5, 5.41) is 9.09. The van der Waals surface area contributed by atoms with Crippen LogP contribution in [0.1, 0.15) is 10.4 Å². The number of hydrogen-bond acceptors (Lipinski definition) is 4. The SMILES string of the molecule is C[S+](C)[O-].O=C(O)c1cccc2nc3ccccc3nc12. The molecule has 0 aliphatic rings. The van der Waals surface area contributed by atoms with Crippen LogP contribution in [0.4, 0.5) is 0 Å². The van der Waals surface area contributed by atoms with Crippen LogP contribution in [0.3, 0.4) is 0 Å². The van der Waals surface area contributed by atoms with Crippen LogP contribution in [-0.4, -0.2) is 38.1 Å². The van der Waals surface area contributed by atoms with Crippen LogP contribution >= 0.6 is 0 Å². The first kappa shape index (κ1) is 15.2. The average Bonchev–Trinajstić information content (AvgIpc) is 2.43. The van der Waals surface area contributed by atoms with Crippen molar-refractivity contribution in [1.29, 1.82) is 0 Å². The fourth-order valence-electron chi connectivity index (χ4n) is 1.82. The summed E-state index contributed by atoms with van der Waals surface area (Å²) >= 11 is -0.611. The highest BCUT2D eigenvalue weighted by Crippen LogP contribution is 2.19. The Morgan fingerprint density at radius 3 is 2.10 bits per heavy atom. The second-order valence-corrected chi connectivity index (χ2v) is 5.92. The van der Waals surface area contributed by atoms with E-state index >= 15 is 0 Å². The second-order valence-electron chi connectivity index (χ2n) is 4.43. The van der Waals surface area contributed by atoms with Crippen LogP contribution in [0.5, 0.6) is 0 Å². The van der Waals surface area contributed by atoms with Gasteiger partial charge in [-0.3, -0.25) is 0 Å². The van der Waals surface area contributed by atoms with Gasteiger partial charge in [0, 0.05) is 0 Å². The number of para-hydroxylation sites is 3. The Morgan fingerprint density at radius 1 is 1.00 bits per heavy atom. The van der Waals surface area contributed by atoms with Gasteiger partial charge in [-0.1, -0.05) is 29.4 Å². The molecular weight excluding hydrogens is 288 g/mol. The van der Waals surface area contributed by atoms with Gasteiger partial charge >= 0.3 is 5.97 Å². The van der Waals surface area contributed by atoms with Crippen molar-refractivity contribution in [3.63, 3.8) is 0 Å². The summed E-state index contributed by atoms with van der Waals surface area (Å²) in [7, 11) is 0. The molecule has 2 aromatic carbocycles. The molecule has 1 N–H and O–H groups in total. The lowest BCUT2D eigenvalue weighted by atomic mass is 10.1. The number of hydrogen-bond donors (Lipinski definition) is 1. The first-order valence-electron chi connectivity index (χ1n) is 6.13. The van der Waals surface area contributed by atoms with E-state index in [1.807, 2.05) is 24.3 Å². The van der Waals surface area contributed by atoms with Crippen molar-refractivity contribution >= 4 is 39.2 Å². The van der Waals surface area contributed by atoms with Gasteiger partial charge in [-0.05, 0) is 24.3 Å². The Balaban J connectivity index is 0.000000361. The van der Waals surface area contributed by atoms with E-state index < -0.39 is 17.1 Å². The summed E-state index contributed by atoms with van der Waals surface area (Å²) in [5.74, 6) is -0.986. The Labute approximate surface area is 124 Å². The molecular formula is C15H14N2O3S. The highest BCUT2D eigenvalue weighted by Gasteiger charge is 2.10. The van der Waals surface area contributed by atoms with Gasteiger partial charge < -0.3 is 9.66 Å². The fraction of sp³-hybridized carbons (Fsp3) is 0.133. The molecule has 6 heteroatoms. The van der Waals surface area contributed by atoms with Crippen molar-refractivity contribution in [2.45, 2.75) is 0 Å². The topological polar surface area (TPSA) is 86.1 Å². The molecule has 0 fully saturated rings. The van der Waals surface area contributed by atoms with Crippen LogP contribution < -0.4 is 0 Å². The second kappa shape index (κ2) is 6.51. The third kappa shape index (κ3) is 3.68. The van der Waals surface area contributed by atoms with Crippen LogP contribution in [0.25, 0.3) is 22.1 Å². The lowest BCUT2D eigenvalue weighted by Crippen LogP contribution is -1.99. The molecule has 21 heavy (non-hydrogen) atoms. The Hall–Kier alpha value is -2.18. The van der Waals surface area contributed by atoms with Gasteiger partial charge in [0.1, 0.15) is 5.52 Å². The zero-order valence-corrected chi connectivity index (χ0v) is 12.4. The van der Waals surface area contributed by atoms with Crippen LogP contribution in [0.15, 0.2) is 42.5 Å². The van der Waals surface area contributed by atoms with Crippen LogP contribution in [-0.2, 0) is 11.2 Å². The highest BCUT2D eigenvalue weighted by atomic mass is 32.2. The Kier molecular flexibility index (Phi) is 4.72. The lowest BCUT2D eigenvalue weighted by Gasteiger charge is -2.03. The van der Waals surface area contributed by atoms with E-state index in [0.29, 0.717) is 16.6 Å². The molecule has 0 saturated heterocycles. The van der Waals surface area contributed by atoms with Crippen molar-refractivity contribution in [2.75, 3.05) is 12.5 Å². The molecule has 108 valence electrons. The summed E-state index contributed by atoms with van der Waals surface area (Å²) in [6.45, 7) is 0. The third-order valence-corrected chi connectivity index (χ3v) is 2.60. The molecule has 3 aromatic rings. The summed E-state index contributed by atoms with van der Waals surface area (Å²) < 4.78 is 9.56. The number of carboxylic acid groups (broad SMARTS) is 1. The average molecular weight is 302 g/mol. The van der Waals surface area contributed by atoms with Crippen molar-refractivity contribution in [1.82, 2.24) is 9.97 Å². The summed E-state index contributed by atoms with van der Waals surface area (Å²) in [6.07, 6.45) is 3.28. The minimum absolute atomic E-state index is 0.181. The van der Waals surface area contributed by atoms with Crippen molar-refractivity contribution in [3.8, 4) is 0 Å². The van der Waals surface area contributed by atoms with E-state index in [1.165, 1.54) is 6.07 Å². The van der Waals surface area contributed by atoms with Gasteiger partial charge in [0.25, 0.3) is 0 Å². The molecule has 0 aliphatic heterocycles. The smallest absolute Gasteiger partial charge is 0.337 e. The number of aromatic nitrogens is 2. The molecule has 0 saturated carbocycles. The Morgan fingerprint density at radius 2 is 1.52 bits per heavy atom. The maximum absolute atomic E-state index is 11.1. The molecule has 3 rings (SSSR count). The number of aromatic carboxylic acids is 1. The number of nitrogens with zero attached hydrogens (tertiary/aromatic N) is 2. The molecule has 0 bridgehead atoms. The predicted octanol–water partition coefficient (Wildman–Crippen LogP) is 2.48. The minimum atomic E-state index is -0.986. The molecule has 0 spiro atoms. The molecule has 1 aromatic heterocycles. The number of rotatable bonds is 1. The monoisotopic (exact) mass is 302 g/mol. The minimum Gasteiger partial charge on any atom is -0.617 e. The van der Waals surface area contributed by atoms with Gasteiger partial charge in [-0.15, -0.1) is 0 Å². The zero-order valence-electron chi connectivity index (χ0n) is 11.6. The summed E-state index contributed by atoms with van der Waals surface area (Å²) in [5.41, 5.74) is 2.68. The predicted molar refractivity (Wildman–Crippen MR) is 84.0 cm³/mol. The standard InChI is InChI=1S/C13H8N2O2.C2H6OS/c16-13(17)8-4-3-7-11-12(8)15-10-6-2-1-5-9(10)14-11;1-4(2)3/h1-7H,(H,16,17);1-2H3. The quantitative estimate of drug-likeness (QED) is 0.551. The lowest BCUT2D eigenvalue weighted by molar-refractivity contribution is 0.0699. The first-order chi connectivity index (χ1) is 9.99. The fourth-order valence-corrected chi connectivity index (χ4v) is 1.82. The molecule has 0 atom stereocenters. The third-order valence-electron chi connectivity index (χ3n) is 2.60. The molecule has 0 unspecified atom stereocenters. The Bertz CT molecular complexity index is 787. The highest BCUT2D eigenvalue weighted by molar-refractivity contribution is 7.89. The number of carboxylic acids is 1. The van der Waals surface area contributed by atoms with E-state index in [4.69, 9.17) is 5.11 Å².